The number of nitrogens with zero attached hydrogens (tertiary/aromatic N) is 3. The van der Waals surface area contributed by atoms with Gasteiger partial charge in [-0.25, -0.2) is 4.98 Å². The maximum Gasteiger partial charge on any atom is 0.416 e. The SMILES string of the molecule is O[C@@H](Cn1ccnc1-c1cccnc1)C(F)(F)F. The predicted molar refractivity (Wildman–Crippen MR) is 57.5 cm³/mol. The van der Waals surface area contributed by atoms with E-state index in [-0.39, 0.29) is 0 Å². The van der Waals surface area contributed by atoms with Crippen molar-refractivity contribution in [3.8, 4) is 11.4 Å². The van der Waals surface area contributed by atoms with Crippen LogP contribution in [0, 0.1) is 0 Å². The third kappa shape index (κ3) is 2.67. The van der Waals surface area contributed by atoms with Crippen molar-refractivity contribution in [3.05, 3.63) is 36.9 Å². The van der Waals surface area contributed by atoms with Crippen molar-refractivity contribution in [2.75, 3.05) is 0 Å². The molecular formula is C11H10F3N3O. The molecule has 0 aliphatic heterocycles. The minimum Gasteiger partial charge on any atom is -0.382 e. The molecule has 18 heavy (non-hydrogen) atoms. The first-order valence-electron chi connectivity index (χ1n) is 5.15. The first-order chi connectivity index (χ1) is 8.48. The highest BCUT2D eigenvalue weighted by Gasteiger charge is 2.38. The topological polar surface area (TPSA) is 50.9 Å². The number of alkyl halides is 3. The van der Waals surface area contributed by atoms with E-state index in [0.717, 1.165) is 0 Å². The van der Waals surface area contributed by atoms with Crippen molar-refractivity contribution in [3.63, 3.8) is 0 Å². The van der Waals surface area contributed by atoms with Crippen molar-refractivity contribution in [1.82, 2.24) is 14.5 Å². The summed E-state index contributed by atoms with van der Waals surface area (Å²) >= 11 is 0. The van der Waals surface area contributed by atoms with Gasteiger partial charge in [0.25, 0.3) is 0 Å². The molecule has 0 saturated carbocycles. The molecule has 0 amide bonds. The van der Waals surface area contributed by atoms with Crippen LogP contribution >= 0.6 is 0 Å². The minimum absolute atomic E-state index is 0.339. The molecule has 1 N–H and O–H groups in total. The third-order valence-electron chi connectivity index (χ3n) is 2.38. The lowest BCUT2D eigenvalue weighted by Gasteiger charge is -2.16. The maximum absolute atomic E-state index is 12.3. The van der Waals surface area contributed by atoms with E-state index in [0.29, 0.717) is 11.4 Å². The zero-order valence-corrected chi connectivity index (χ0v) is 9.17. The molecule has 0 saturated heterocycles. The summed E-state index contributed by atoms with van der Waals surface area (Å²) in [7, 11) is 0. The number of aliphatic hydroxyl groups is 1. The molecule has 0 fully saturated rings. The molecule has 7 heteroatoms. The zero-order valence-electron chi connectivity index (χ0n) is 9.17. The first-order valence-corrected chi connectivity index (χ1v) is 5.15. The van der Waals surface area contributed by atoms with Crippen LogP contribution in [-0.2, 0) is 6.54 Å². The van der Waals surface area contributed by atoms with E-state index < -0.39 is 18.8 Å². The fraction of sp³-hybridized carbons (Fsp3) is 0.273. The van der Waals surface area contributed by atoms with E-state index in [4.69, 9.17) is 5.11 Å². The number of hydrogen-bond acceptors (Lipinski definition) is 3. The first kappa shape index (κ1) is 12.6. The fourth-order valence-electron chi connectivity index (χ4n) is 1.50. The van der Waals surface area contributed by atoms with Gasteiger partial charge < -0.3 is 9.67 Å². The second-order valence-electron chi connectivity index (χ2n) is 3.70. The lowest BCUT2D eigenvalue weighted by atomic mass is 10.2. The van der Waals surface area contributed by atoms with Crippen molar-refractivity contribution < 1.29 is 18.3 Å². The Morgan fingerprint density at radius 1 is 1.33 bits per heavy atom. The smallest absolute Gasteiger partial charge is 0.382 e. The monoisotopic (exact) mass is 257 g/mol. The van der Waals surface area contributed by atoms with Gasteiger partial charge in [0, 0.05) is 30.4 Å². The summed E-state index contributed by atoms with van der Waals surface area (Å²) in [6.07, 6.45) is -1.23. The normalized spacial score (nSPS) is 13.6. The Morgan fingerprint density at radius 2 is 2.11 bits per heavy atom. The highest BCUT2D eigenvalue weighted by atomic mass is 19.4. The standard InChI is InChI=1S/C11H10F3N3O/c12-11(13,14)9(18)7-17-5-4-16-10(17)8-2-1-3-15-6-8/h1-6,9,18H,7H2/t9-/m0/s1. The summed E-state index contributed by atoms with van der Waals surface area (Å²) in [4.78, 5) is 7.84. The molecule has 2 aromatic heterocycles. The average Bonchev–Trinajstić information content (AvgIpc) is 2.77. The van der Waals surface area contributed by atoms with Crippen molar-refractivity contribution >= 4 is 0 Å². The lowest BCUT2D eigenvalue weighted by Crippen LogP contribution is -2.32. The largest absolute Gasteiger partial charge is 0.416 e. The van der Waals surface area contributed by atoms with Gasteiger partial charge in [-0.05, 0) is 12.1 Å². The quantitative estimate of drug-likeness (QED) is 0.913. The van der Waals surface area contributed by atoms with Gasteiger partial charge >= 0.3 is 6.18 Å². The van der Waals surface area contributed by atoms with E-state index in [2.05, 4.69) is 9.97 Å². The Morgan fingerprint density at radius 3 is 2.72 bits per heavy atom. The molecule has 0 radical (unpaired) electrons. The average molecular weight is 257 g/mol. The number of imidazole rings is 1. The van der Waals surface area contributed by atoms with Gasteiger partial charge in [-0.2, -0.15) is 13.2 Å². The van der Waals surface area contributed by atoms with Crippen LogP contribution in [0.2, 0.25) is 0 Å². The van der Waals surface area contributed by atoms with Crippen LogP contribution in [0.1, 0.15) is 0 Å². The molecule has 0 bridgehead atoms. The van der Waals surface area contributed by atoms with Gasteiger partial charge in [0.15, 0.2) is 6.10 Å². The second kappa shape index (κ2) is 4.77. The van der Waals surface area contributed by atoms with Gasteiger partial charge in [-0.1, -0.05) is 0 Å². The van der Waals surface area contributed by atoms with Crippen LogP contribution < -0.4 is 0 Å². The molecular weight excluding hydrogens is 247 g/mol. The van der Waals surface area contributed by atoms with Crippen molar-refractivity contribution in [2.45, 2.75) is 18.8 Å². The van der Waals surface area contributed by atoms with Crippen LogP contribution in [0.5, 0.6) is 0 Å². The zero-order chi connectivity index (χ0) is 13.2. The fourth-order valence-corrected chi connectivity index (χ4v) is 1.50. The highest BCUT2D eigenvalue weighted by molar-refractivity contribution is 5.53. The Bertz CT molecular complexity index is 510. The van der Waals surface area contributed by atoms with E-state index in [9.17, 15) is 13.2 Å². The number of hydrogen-bond donors (Lipinski definition) is 1. The van der Waals surface area contributed by atoms with Gasteiger partial charge in [0.05, 0.1) is 6.54 Å². The Labute approximate surface area is 101 Å². The van der Waals surface area contributed by atoms with E-state index in [1.807, 2.05) is 0 Å². The summed E-state index contributed by atoms with van der Waals surface area (Å²) in [6.45, 7) is -0.590. The van der Waals surface area contributed by atoms with Crippen LogP contribution in [0.25, 0.3) is 11.4 Å². The van der Waals surface area contributed by atoms with Crippen LogP contribution in [0.15, 0.2) is 36.9 Å². The maximum atomic E-state index is 12.3. The highest BCUT2D eigenvalue weighted by Crippen LogP contribution is 2.23. The van der Waals surface area contributed by atoms with E-state index in [1.165, 1.54) is 23.2 Å². The molecule has 0 aliphatic carbocycles. The van der Waals surface area contributed by atoms with E-state index in [1.54, 1.807) is 18.3 Å². The number of pyridine rings is 1. The summed E-state index contributed by atoms with van der Waals surface area (Å²) < 4.78 is 38.1. The molecule has 96 valence electrons. The molecule has 4 nitrogen and oxygen atoms in total. The lowest BCUT2D eigenvalue weighted by molar-refractivity contribution is -0.207. The van der Waals surface area contributed by atoms with Gasteiger partial charge in [0.1, 0.15) is 5.82 Å². The summed E-state index contributed by atoms with van der Waals surface area (Å²) in [5.74, 6) is 0.339. The van der Waals surface area contributed by atoms with Crippen LogP contribution in [-0.4, -0.2) is 31.9 Å². The number of halogens is 3. The van der Waals surface area contributed by atoms with E-state index >= 15 is 0 Å². The molecule has 1 atom stereocenters. The van der Waals surface area contributed by atoms with Gasteiger partial charge in [0.2, 0.25) is 0 Å². The Kier molecular flexibility index (Phi) is 3.33. The second-order valence-corrected chi connectivity index (χ2v) is 3.70. The van der Waals surface area contributed by atoms with Gasteiger partial charge in [-0.15, -0.1) is 0 Å². The third-order valence-corrected chi connectivity index (χ3v) is 2.38. The molecule has 2 rings (SSSR count). The summed E-state index contributed by atoms with van der Waals surface area (Å²) in [5.41, 5.74) is 0.594. The van der Waals surface area contributed by atoms with Crippen LogP contribution in [0.4, 0.5) is 13.2 Å². The number of aromatic nitrogens is 3. The molecule has 0 spiro atoms. The Hall–Kier alpha value is -1.89. The molecule has 2 aromatic rings. The van der Waals surface area contributed by atoms with Crippen LogP contribution in [0.3, 0.4) is 0 Å². The number of rotatable bonds is 3. The summed E-state index contributed by atoms with van der Waals surface area (Å²) in [5, 5.41) is 9.04. The molecule has 0 aromatic carbocycles. The van der Waals surface area contributed by atoms with Gasteiger partial charge in [-0.3, -0.25) is 4.98 Å². The van der Waals surface area contributed by atoms with Crippen molar-refractivity contribution in [1.29, 1.82) is 0 Å². The van der Waals surface area contributed by atoms with Crippen molar-refractivity contribution in [2.24, 2.45) is 0 Å². The Balaban J connectivity index is 2.24. The number of aliphatic hydroxyl groups excluding tert-OH is 1. The minimum atomic E-state index is -4.64. The molecule has 0 aliphatic rings. The summed E-state index contributed by atoms with van der Waals surface area (Å²) in [6, 6.07) is 3.35. The predicted octanol–water partition coefficient (Wildman–Crippen LogP) is 1.87. The molecule has 0 unspecified atom stereocenters. The molecule has 2 heterocycles.